The molecule has 1 saturated heterocycles. The lowest BCUT2D eigenvalue weighted by molar-refractivity contribution is 0.00212. The van der Waals surface area contributed by atoms with Crippen LogP contribution < -0.4 is 16.0 Å². The van der Waals surface area contributed by atoms with Crippen LogP contribution in [0, 0.1) is 0 Å². The predicted octanol–water partition coefficient (Wildman–Crippen LogP) is 1.41. The molecule has 0 aromatic carbocycles. The van der Waals surface area contributed by atoms with E-state index in [9.17, 15) is 0 Å². The molecule has 3 aliphatic carbocycles. The third-order valence-corrected chi connectivity index (χ3v) is 8.11. The fraction of sp³-hybridized carbons (Fsp3) is 0.444. The Balaban J connectivity index is 1.23. The summed E-state index contributed by atoms with van der Waals surface area (Å²) in [6, 6.07) is 0.955. The van der Waals surface area contributed by atoms with Crippen LogP contribution in [0.4, 0.5) is 0 Å². The number of rotatable bonds is 3. The van der Waals surface area contributed by atoms with Gasteiger partial charge in [-0.3, -0.25) is 30.9 Å². The van der Waals surface area contributed by atoms with Gasteiger partial charge in [0.25, 0.3) is 0 Å². The first-order valence-corrected chi connectivity index (χ1v) is 12.9. The lowest BCUT2D eigenvalue weighted by Crippen LogP contribution is -2.80. The largest absolute Gasteiger partial charge is 0.323 e. The maximum Gasteiger partial charge on any atom is 0.141 e. The summed E-state index contributed by atoms with van der Waals surface area (Å²) < 4.78 is 0. The van der Waals surface area contributed by atoms with Crippen molar-refractivity contribution in [1.29, 1.82) is 0 Å². The summed E-state index contributed by atoms with van der Waals surface area (Å²) in [6.45, 7) is 6.32. The predicted molar refractivity (Wildman–Crippen MR) is 143 cm³/mol. The Morgan fingerprint density at radius 1 is 0.472 bits per heavy atom. The molecule has 0 spiro atoms. The molecule has 0 amide bonds. The van der Waals surface area contributed by atoms with Crippen LogP contribution in [-0.4, -0.2) is 87.3 Å². The fourth-order valence-corrected chi connectivity index (χ4v) is 6.53. The van der Waals surface area contributed by atoms with Crippen molar-refractivity contribution in [3.05, 3.63) is 72.9 Å². The maximum atomic E-state index is 4.96. The highest BCUT2D eigenvalue weighted by Crippen LogP contribution is 2.30. The van der Waals surface area contributed by atoms with Crippen molar-refractivity contribution < 1.29 is 0 Å². The normalized spacial score (nSPS) is 41.9. The highest BCUT2D eigenvalue weighted by Gasteiger charge is 2.47. The van der Waals surface area contributed by atoms with Crippen molar-refractivity contribution in [2.45, 2.75) is 75.9 Å². The molecule has 1 fully saturated rings. The lowest BCUT2D eigenvalue weighted by Gasteiger charge is -2.51. The number of amidine groups is 3. The Morgan fingerprint density at radius 2 is 0.750 bits per heavy atom. The molecular formula is C27H33N9. The van der Waals surface area contributed by atoms with Crippen LogP contribution in [-0.2, 0) is 0 Å². The molecule has 6 atom stereocenters. The van der Waals surface area contributed by atoms with Gasteiger partial charge in [-0.25, -0.2) is 0 Å². The minimum atomic E-state index is -0.138. The van der Waals surface area contributed by atoms with E-state index in [-0.39, 0.29) is 55.1 Å². The highest BCUT2D eigenvalue weighted by atomic mass is 15.6. The first kappa shape index (κ1) is 22.0. The third-order valence-electron chi connectivity index (χ3n) is 8.11. The van der Waals surface area contributed by atoms with Gasteiger partial charge in [-0.05, 0) is 20.8 Å². The van der Waals surface area contributed by atoms with Crippen molar-refractivity contribution >= 4 is 17.5 Å². The number of hydrogen-bond donors (Lipinski definition) is 3. The third kappa shape index (κ3) is 3.37. The van der Waals surface area contributed by atoms with Gasteiger partial charge in [0, 0.05) is 0 Å². The van der Waals surface area contributed by atoms with Gasteiger partial charge in [-0.1, -0.05) is 72.9 Å². The van der Waals surface area contributed by atoms with Gasteiger partial charge in [0.1, 0.15) is 18.9 Å². The van der Waals surface area contributed by atoms with E-state index in [2.05, 4.69) is 124 Å². The molecule has 0 aromatic rings. The average Bonchev–Trinajstić information content (AvgIpc) is 3.51. The molecule has 4 aliphatic heterocycles. The molecule has 7 aliphatic rings. The Kier molecular flexibility index (Phi) is 5.13. The van der Waals surface area contributed by atoms with Gasteiger partial charge in [-0.15, -0.1) is 0 Å². The zero-order valence-corrected chi connectivity index (χ0v) is 20.8. The maximum absolute atomic E-state index is 4.96. The molecule has 0 saturated carbocycles. The first-order chi connectivity index (χ1) is 17.6. The Morgan fingerprint density at radius 3 is 1.06 bits per heavy atom. The number of fused-ring (bicyclic) bond motifs is 3. The van der Waals surface area contributed by atoms with E-state index in [1.54, 1.807) is 0 Å². The van der Waals surface area contributed by atoms with Crippen molar-refractivity contribution in [2.24, 2.45) is 15.0 Å². The molecule has 9 nitrogen and oxygen atoms in total. The first-order valence-electron chi connectivity index (χ1n) is 12.9. The van der Waals surface area contributed by atoms with E-state index >= 15 is 0 Å². The Bertz CT molecular complexity index is 1050. The van der Waals surface area contributed by atoms with Crippen molar-refractivity contribution in [3.8, 4) is 0 Å². The zero-order valence-electron chi connectivity index (χ0n) is 20.8. The molecule has 36 heavy (non-hydrogen) atoms. The van der Waals surface area contributed by atoms with Gasteiger partial charge in [-0.2, -0.15) is 0 Å². The molecule has 0 radical (unpaired) electrons. The average molecular weight is 484 g/mol. The summed E-state index contributed by atoms with van der Waals surface area (Å²) in [5, 5.41) is 11.6. The molecule has 186 valence electrons. The SMILES string of the molecule is CC1=NC2C=CC=CC2N1C1NC(N2C(C)=NC3C=CC=CC32)NC(N2C(C)=NC3C=CC=CC32)N1. The lowest BCUT2D eigenvalue weighted by atomic mass is 10.0. The van der Waals surface area contributed by atoms with E-state index in [4.69, 9.17) is 15.0 Å². The monoisotopic (exact) mass is 483 g/mol. The highest BCUT2D eigenvalue weighted by molar-refractivity contribution is 5.85. The second-order valence-electron chi connectivity index (χ2n) is 10.2. The number of nitrogens with one attached hydrogen (secondary N) is 3. The molecule has 3 N–H and O–H groups in total. The van der Waals surface area contributed by atoms with Crippen LogP contribution in [0.3, 0.4) is 0 Å². The van der Waals surface area contributed by atoms with E-state index in [1.807, 2.05) is 0 Å². The molecule has 0 aromatic heterocycles. The van der Waals surface area contributed by atoms with E-state index in [0.29, 0.717) is 0 Å². The second-order valence-corrected chi connectivity index (χ2v) is 10.2. The van der Waals surface area contributed by atoms with Gasteiger partial charge < -0.3 is 14.7 Å². The van der Waals surface area contributed by atoms with Crippen LogP contribution in [0.25, 0.3) is 0 Å². The summed E-state index contributed by atoms with van der Waals surface area (Å²) in [4.78, 5) is 22.0. The number of allylic oxidation sites excluding steroid dienone is 6. The summed E-state index contributed by atoms with van der Waals surface area (Å²) in [5.74, 6) is 3.09. The molecule has 7 rings (SSSR count). The second kappa shape index (κ2) is 8.40. The minimum absolute atomic E-state index is 0.138. The van der Waals surface area contributed by atoms with Gasteiger partial charge in [0.2, 0.25) is 0 Å². The van der Waals surface area contributed by atoms with Gasteiger partial charge >= 0.3 is 0 Å². The molecule has 4 heterocycles. The van der Waals surface area contributed by atoms with Crippen LogP contribution in [0.2, 0.25) is 0 Å². The van der Waals surface area contributed by atoms with Crippen LogP contribution in [0.5, 0.6) is 0 Å². The Labute approximate surface area is 212 Å². The summed E-state index contributed by atoms with van der Waals surface area (Å²) in [7, 11) is 0. The molecular weight excluding hydrogens is 450 g/mol. The summed E-state index contributed by atoms with van der Waals surface area (Å²) in [5.41, 5.74) is 0. The van der Waals surface area contributed by atoms with Crippen LogP contribution in [0.15, 0.2) is 87.9 Å². The fourth-order valence-electron chi connectivity index (χ4n) is 6.53. The smallest absolute Gasteiger partial charge is 0.141 e. The van der Waals surface area contributed by atoms with Crippen LogP contribution in [0.1, 0.15) is 20.8 Å². The standard InChI is InChI=1S/C27H33N9/c1-16-28-19-10-4-7-13-22(19)34(16)25-31-26(35-17(2)29-20-11-5-8-14-23(20)35)33-27(32-25)36-18(3)30-21-12-6-9-15-24(21)36/h4-15,19-27,31-33H,1-3H3. The van der Waals surface area contributed by atoms with Gasteiger partial charge in [0.05, 0.1) is 53.8 Å². The molecule has 9 heteroatoms. The summed E-state index contributed by atoms with van der Waals surface area (Å²) in [6.07, 6.45) is 25.6. The zero-order chi connectivity index (χ0) is 24.4. The number of nitrogens with zero attached hydrogens (tertiary/aromatic N) is 6. The topological polar surface area (TPSA) is 82.9 Å². The molecule has 6 unspecified atom stereocenters. The van der Waals surface area contributed by atoms with E-state index in [1.165, 1.54) is 0 Å². The van der Waals surface area contributed by atoms with Crippen molar-refractivity contribution in [2.75, 3.05) is 0 Å². The van der Waals surface area contributed by atoms with Gasteiger partial charge in [0.15, 0.2) is 0 Å². The van der Waals surface area contributed by atoms with Crippen molar-refractivity contribution in [3.63, 3.8) is 0 Å². The van der Waals surface area contributed by atoms with E-state index in [0.717, 1.165) is 17.5 Å². The minimum Gasteiger partial charge on any atom is -0.323 e. The number of hydrogen-bond acceptors (Lipinski definition) is 9. The Hall–Kier alpha value is -3.27. The van der Waals surface area contributed by atoms with Crippen molar-refractivity contribution in [1.82, 2.24) is 30.7 Å². The molecule has 0 bridgehead atoms. The number of aliphatic imine (C=N–C) groups is 3. The summed E-state index contributed by atoms with van der Waals surface area (Å²) >= 11 is 0. The van der Waals surface area contributed by atoms with Crippen LogP contribution >= 0.6 is 0 Å². The van der Waals surface area contributed by atoms with E-state index < -0.39 is 0 Å². The quantitative estimate of drug-likeness (QED) is 0.563.